The van der Waals surface area contributed by atoms with Crippen LogP contribution >= 0.6 is 0 Å². The van der Waals surface area contributed by atoms with Gasteiger partial charge >= 0.3 is 0 Å². The molecule has 0 radical (unpaired) electrons. The third kappa shape index (κ3) is 7.00. The summed E-state index contributed by atoms with van der Waals surface area (Å²) in [4.78, 5) is 16.1. The van der Waals surface area contributed by atoms with Gasteiger partial charge in [0.1, 0.15) is 16.7 Å². The molecule has 0 spiro atoms. The lowest BCUT2D eigenvalue weighted by Crippen LogP contribution is -2.50. The highest BCUT2D eigenvalue weighted by Crippen LogP contribution is 2.34. The van der Waals surface area contributed by atoms with Gasteiger partial charge in [-0.05, 0) is 58.0 Å². The minimum absolute atomic E-state index is 0.0437. The molecule has 2 aliphatic rings. The van der Waals surface area contributed by atoms with Crippen molar-refractivity contribution in [3.8, 4) is 17.6 Å². The Morgan fingerprint density at radius 2 is 1.94 bits per heavy atom. The molecule has 1 N–H and O–H groups in total. The third-order valence-electron chi connectivity index (χ3n) is 7.10. The first-order valence-corrected chi connectivity index (χ1v) is 14.3. The van der Waals surface area contributed by atoms with Gasteiger partial charge in [0.2, 0.25) is 15.9 Å². The molecule has 1 aromatic rings. The summed E-state index contributed by atoms with van der Waals surface area (Å²) in [5.74, 6) is 7.07. The van der Waals surface area contributed by atoms with Crippen molar-refractivity contribution in [1.29, 1.82) is 0 Å². The number of hydrogen-bond donors (Lipinski definition) is 1. The molecule has 0 aromatic heterocycles. The van der Waals surface area contributed by atoms with Crippen LogP contribution < -0.4 is 4.74 Å². The Morgan fingerprint density at radius 3 is 2.58 bits per heavy atom. The van der Waals surface area contributed by atoms with Crippen molar-refractivity contribution in [2.24, 2.45) is 11.8 Å². The summed E-state index contributed by atoms with van der Waals surface area (Å²) in [6.07, 6.45) is 5.38. The Kier molecular flexibility index (Phi) is 9.81. The van der Waals surface area contributed by atoms with Gasteiger partial charge < -0.3 is 19.6 Å². The van der Waals surface area contributed by atoms with E-state index >= 15 is 0 Å². The van der Waals surface area contributed by atoms with Gasteiger partial charge in [0.25, 0.3) is 0 Å². The van der Waals surface area contributed by atoms with Crippen LogP contribution in [0.25, 0.3) is 0 Å². The van der Waals surface area contributed by atoms with E-state index in [1.165, 1.54) is 30.0 Å². The summed E-state index contributed by atoms with van der Waals surface area (Å²) in [5, 5.41) is 9.80. The maximum Gasteiger partial charge on any atom is 0.247 e. The van der Waals surface area contributed by atoms with E-state index in [0.717, 1.165) is 6.42 Å². The number of amides is 1. The Balaban J connectivity index is 1.95. The molecule has 9 heteroatoms. The lowest BCUT2D eigenvalue weighted by atomic mass is 10.0. The van der Waals surface area contributed by atoms with Crippen LogP contribution in [0.1, 0.15) is 51.5 Å². The minimum Gasteiger partial charge on any atom is -0.487 e. The first-order valence-electron chi connectivity index (χ1n) is 12.8. The maximum atomic E-state index is 13.6. The Labute approximate surface area is 216 Å². The number of fused-ring (bicyclic) bond motifs is 1. The van der Waals surface area contributed by atoms with Crippen molar-refractivity contribution in [2.75, 3.05) is 47.4 Å². The molecule has 3 atom stereocenters. The molecule has 1 heterocycles. The normalized spacial score (nSPS) is 23.1. The van der Waals surface area contributed by atoms with Gasteiger partial charge in [0, 0.05) is 37.5 Å². The number of carbonyl (C=O) groups is 1. The fraction of sp³-hybridized carbons (Fsp3) is 0.667. The SMILES string of the molecule is C[C@H]1CN([C@@H](C)CO)S(=O)(=O)c2ccc(C#CCC3CCCC3)cc2O[C@H]1CN(C)C(=O)CN(C)C. The van der Waals surface area contributed by atoms with Crippen LogP contribution in [0.15, 0.2) is 23.1 Å². The van der Waals surface area contributed by atoms with Gasteiger partial charge in [0.05, 0.1) is 19.7 Å². The second-order valence-electron chi connectivity index (χ2n) is 10.6. The first-order chi connectivity index (χ1) is 17.0. The van der Waals surface area contributed by atoms with E-state index in [1.54, 1.807) is 37.1 Å². The van der Waals surface area contributed by atoms with Crippen molar-refractivity contribution >= 4 is 15.9 Å². The average Bonchev–Trinajstić information content (AvgIpc) is 3.33. The van der Waals surface area contributed by atoms with E-state index < -0.39 is 22.2 Å². The van der Waals surface area contributed by atoms with Gasteiger partial charge in [0.15, 0.2) is 0 Å². The highest BCUT2D eigenvalue weighted by Gasteiger charge is 2.38. The summed E-state index contributed by atoms with van der Waals surface area (Å²) in [5.41, 5.74) is 0.702. The van der Waals surface area contributed by atoms with Crippen LogP contribution in [0.3, 0.4) is 0 Å². The molecule has 36 heavy (non-hydrogen) atoms. The number of carbonyl (C=O) groups excluding carboxylic acids is 1. The molecular formula is C27H41N3O5S. The molecule has 200 valence electrons. The molecule has 0 saturated heterocycles. The lowest BCUT2D eigenvalue weighted by molar-refractivity contribution is -0.132. The summed E-state index contributed by atoms with van der Waals surface area (Å²) < 4.78 is 34.9. The molecular weight excluding hydrogens is 478 g/mol. The largest absolute Gasteiger partial charge is 0.487 e. The fourth-order valence-electron chi connectivity index (χ4n) is 4.80. The maximum absolute atomic E-state index is 13.6. The van der Waals surface area contributed by atoms with E-state index in [0.29, 0.717) is 18.0 Å². The number of hydrogen-bond acceptors (Lipinski definition) is 6. The van der Waals surface area contributed by atoms with Gasteiger partial charge in [-0.3, -0.25) is 4.79 Å². The molecule has 1 amide bonds. The summed E-state index contributed by atoms with van der Waals surface area (Å²) in [7, 11) is 1.50. The number of aliphatic hydroxyl groups is 1. The van der Waals surface area contributed by atoms with E-state index in [9.17, 15) is 18.3 Å². The minimum atomic E-state index is -3.91. The summed E-state index contributed by atoms with van der Waals surface area (Å²) in [6.45, 7) is 4.07. The molecule has 1 aliphatic heterocycles. The number of likely N-dealkylation sites (N-methyl/N-ethyl adjacent to an activating group) is 2. The zero-order valence-corrected chi connectivity index (χ0v) is 23.1. The molecule has 1 fully saturated rings. The second-order valence-corrected chi connectivity index (χ2v) is 12.4. The topological polar surface area (TPSA) is 90.4 Å². The predicted molar refractivity (Wildman–Crippen MR) is 140 cm³/mol. The van der Waals surface area contributed by atoms with E-state index in [4.69, 9.17) is 4.74 Å². The Hall–Kier alpha value is -2.12. The second kappa shape index (κ2) is 12.4. The van der Waals surface area contributed by atoms with E-state index in [2.05, 4.69) is 11.8 Å². The van der Waals surface area contributed by atoms with E-state index in [-0.39, 0.29) is 42.2 Å². The monoisotopic (exact) mass is 519 g/mol. The zero-order chi connectivity index (χ0) is 26.5. The molecule has 8 nitrogen and oxygen atoms in total. The molecule has 1 aromatic carbocycles. The van der Waals surface area contributed by atoms with Crippen molar-refractivity contribution < 1.29 is 23.1 Å². The molecule has 1 saturated carbocycles. The fourth-order valence-corrected chi connectivity index (χ4v) is 6.62. The van der Waals surface area contributed by atoms with Gasteiger partial charge in [-0.15, -0.1) is 0 Å². The van der Waals surface area contributed by atoms with Crippen LogP contribution in [0.4, 0.5) is 0 Å². The summed E-state index contributed by atoms with van der Waals surface area (Å²) in [6, 6.07) is 4.37. The van der Waals surface area contributed by atoms with Gasteiger partial charge in [-0.25, -0.2) is 8.42 Å². The van der Waals surface area contributed by atoms with Crippen LogP contribution in [-0.2, 0) is 14.8 Å². The predicted octanol–water partition coefficient (Wildman–Crippen LogP) is 2.41. The average molecular weight is 520 g/mol. The Bertz CT molecular complexity index is 1070. The number of nitrogens with zero attached hydrogens (tertiary/aromatic N) is 3. The van der Waals surface area contributed by atoms with Crippen molar-refractivity contribution in [3.63, 3.8) is 0 Å². The van der Waals surface area contributed by atoms with Crippen LogP contribution in [0.2, 0.25) is 0 Å². The van der Waals surface area contributed by atoms with E-state index in [1.807, 2.05) is 25.9 Å². The molecule has 1 aliphatic carbocycles. The molecule has 0 unspecified atom stereocenters. The van der Waals surface area contributed by atoms with Crippen molar-refractivity contribution in [3.05, 3.63) is 23.8 Å². The lowest BCUT2D eigenvalue weighted by Gasteiger charge is -2.37. The molecule has 0 bridgehead atoms. The standard InChI is InChI=1S/C27H41N3O5S/c1-20-16-30(21(2)19-31)36(33,34)26-14-13-23(12-8-11-22-9-6-7-10-22)15-24(26)35-25(20)17-29(5)27(32)18-28(3)4/h13-15,20-22,25,31H,6-7,9-11,16-19H2,1-5H3/t20-,21-,25-/m0/s1. The number of aliphatic hydroxyl groups excluding tert-OH is 1. The number of benzene rings is 1. The van der Waals surface area contributed by atoms with Gasteiger partial charge in [-0.1, -0.05) is 31.6 Å². The Morgan fingerprint density at radius 1 is 1.25 bits per heavy atom. The third-order valence-corrected chi connectivity index (χ3v) is 9.12. The van der Waals surface area contributed by atoms with Crippen LogP contribution in [0, 0.1) is 23.7 Å². The highest BCUT2D eigenvalue weighted by atomic mass is 32.2. The van der Waals surface area contributed by atoms with Crippen molar-refractivity contribution in [1.82, 2.24) is 14.1 Å². The first kappa shape index (κ1) is 28.5. The van der Waals surface area contributed by atoms with Crippen LogP contribution in [-0.4, -0.2) is 93.1 Å². The number of rotatable bonds is 7. The quantitative estimate of drug-likeness (QED) is 0.557. The van der Waals surface area contributed by atoms with Crippen molar-refractivity contribution in [2.45, 2.75) is 63.0 Å². The zero-order valence-electron chi connectivity index (χ0n) is 22.2. The highest BCUT2D eigenvalue weighted by molar-refractivity contribution is 7.89. The number of ether oxygens (including phenoxy) is 1. The molecule has 3 rings (SSSR count). The van der Waals surface area contributed by atoms with Crippen LogP contribution in [0.5, 0.6) is 5.75 Å². The smallest absolute Gasteiger partial charge is 0.247 e. The van der Waals surface area contributed by atoms with Gasteiger partial charge in [-0.2, -0.15) is 4.31 Å². The number of sulfonamides is 1. The summed E-state index contributed by atoms with van der Waals surface area (Å²) >= 11 is 0.